The van der Waals surface area contributed by atoms with Gasteiger partial charge in [0.1, 0.15) is 0 Å². The lowest BCUT2D eigenvalue weighted by atomic mass is 9.78. The van der Waals surface area contributed by atoms with Crippen molar-refractivity contribution in [1.29, 1.82) is 0 Å². The van der Waals surface area contributed by atoms with Crippen LogP contribution in [0.5, 0.6) is 0 Å². The molecular formula is C10H18F2O. The second-order valence-corrected chi connectivity index (χ2v) is 4.30. The van der Waals surface area contributed by atoms with E-state index in [1.807, 2.05) is 20.8 Å². The zero-order valence-electron chi connectivity index (χ0n) is 8.48. The van der Waals surface area contributed by atoms with Gasteiger partial charge in [-0.15, -0.1) is 0 Å². The van der Waals surface area contributed by atoms with Crippen LogP contribution in [0.15, 0.2) is 0 Å². The highest BCUT2D eigenvalue weighted by Gasteiger charge is 2.72. The highest BCUT2D eigenvalue weighted by molar-refractivity contribution is 5.11. The molecule has 0 aromatic rings. The first-order chi connectivity index (χ1) is 5.94. The summed E-state index contributed by atoms with van der Waals surface area (Å²) in [5.41, 5.74) is -0.309. The van der Waals surface area contributed by atoms with Crippen LogP contribution in [0.2, 0.25) is 0 Å². The smallest absolute Gasteiger partial charge is 0.257 e. The summed E-state index contributed by atoms with van der Waals surface area (Å²) < 4.78 is 26.3. The molecule has 0 amide bonds. The van der Waals surface area contributed by atoms with Crippen LogP contribution in [0, 0.1) is 17.3 Å². The van der Waals surface area contributed by atoms with Crippen LogP contribution in [0.3, 0.4) is 0 Å². The molecule has 0 bridgehead atoms. The van der Waals surface area contributed by atoms with E-state index in [9.17, 15) is 8.78 Å². The molecule has 1 fully saturated rings. The fourth-order valence-electron chi connectivity index (χ4n) is 2.26. The molecule has 0 radical (unpaired) electrons. The van der Waals surface area contributed by atoms with Crippen molar-refractivity contribution in [1.82, 2.24) is 0 Å². The van der Waals surface area contributed by atoms with Crippen molar-refractivity contribution < 1.29 is 13.9 Å². The summed E-state index contributed by atoms with van der Waals surface area (Å²) >= 11 is 0. The summed E-state index contributed by atoms with van der Waals surface area (Å²) in [6, 6.07) is 0. The van der Waals surface area contributed by atoms with Gasteiger partial charge in [0.05, 0.1) is 12.5 Å². The minimum atomic E-state index is -2.63. The summed E-state index contributed by atoms with van der Waals surface area (Å²) in [6.07, 6.45) is 1.50. The predicted octanol–water partition coefficient (Wildman–Crippen LogP) is 2.69. The monoisotopic (exact) mass is 192 g/mol. The molecule has 0 aromatic heterocycles. The van der Waals surface area contributed by atoms with Crippen LogP contribution in [0.4, 0.5) is 8.78 Å². The van der Waals surface area contributed by atoms with Gasteiger partial charge >= 0.3 is 0 Å². The van der Waals surface area contributed by atoms with E-state index in [1.165, 1.54) is 0 Å². The highest BCUT2D eigenvalue weighted by Crippen LogP contribution is 2.64. The summed E-state index contributed by atoms with van der Waals surface area (Å²) in [5.74, 6) is -4.03. The summed E-state index contributed by atoms with van der Waals surface area (Å²) in [5, 5.41) is 8.79. The SMILES string of the molecule is CCC(C)(CC)C1C(CO)C1(F)F. The van der Waals surface area contributed by atoms with Gasteiger partial charge in [-0.3, -0.25) is 0 Å². The molecule has 1 N–H and O–H groups in total. The first-order valence-electron chi connectivity index (χ1n) is 4.92. The molecule has 0 spiro atoms. The third kappa shape index (κ3) is 1.47. The Kier molecular flexibility index (Phi) is 2.68. The van der Waals surface area contributed by atoms with Gasteiger partial charge < -0.3 is 5.11 Å². The van der Waals surface area contributed by atoms with Gasteiger partial charge in [0.2, 0.25) is 0 Å². The van der Waals surface area contributed by atoms with Crippen molar-refractivity contribution in [3.8, 4) is 0 Å². The quantitative estimate of drug-likeness (QED) is 0.726. The molecule has 0 aromatic carbocycles. The van der Waals surface area contributed by atoms with Gasteiger partial charge in [0.25, 0.3) is 5.92 Å². The normalized spacial score (nSPS) is 31.8. The molecule has 13 heavy (non-hydrogen) atoms. The molecule has 1 aliphatic rings. The van der Waals surface area contributed by atoms with Gasteiger partial charge in [0.15, 0.2) is 0 Å². The first kappa shape index (κ1) is 10.9. The Morgan fingerprint density at radius 3 is 2.00 bits per heavy atom. The lowest BCUT2D eigenvalue weighted by molar-refractivity contribution is 0.0479. The maximum atomic E-state index is 13.2. The van der Waals surface area contributed by atoms with E-state index in [4.69, 9.17) is 5.11 Å². The van der Waals surface area contributed by atoms with Gasteiger partial charge in [-0.1, -0.05) is 33.6 Å². The maximum absolute atomic E-state index is 13.2. The Morgan fingerprint density at radius 2 is 1.77 bits per heavy atom. The van der Waals surface area contributed by atoms with Crippen molar-refractivity contribution in [2.24, 2.45) is 17.3 Å². The molecular weight excluding hydrogens is 174 g/mol. The third-order valence-corrected chi connectivity index (χ3v) is 3.77. The van der Waals surface area contributed by atoms with Crippen LogP contribution in [-0.4, -0.2) is 17.6 Å². The molecule has 2 unspecified atom stereocenters. The Morgan fingerprint density at radius 1 is 1.31 bits per heavy atom. The molecule has 2 atom stereocenters. The second kappa shape index (κ2) is 3.19. The van der Waals surface area contributed by atoms with Crippen molar-refractivity contribution in [2.75, 3.05) is 6.61 Å². The van der Waals surface area contributed by atoms with Gasteiger partial charge in [-0.25, -0.2) is 8.78 Å². The van der Waals surface area contributed by atoms with Crippen molar-refractivity contribution >= 4 is 0 Å². The third-order valence-electron chi connectivity index (χ3n) is 3.77. The fraction of sp³-hybridized carbons (Fsp3) is 1.00. The Labute approximate surface area is 78.1 Å². The van der Waals surface area contributed by atoms with Crippen LogP contribution in [0.25, 0.3) is 0 Å². The predicted molar refractivity (Wildman–Crippen MR) is 47.7 cm³/mol. The van der Waals surface area contributed by atoms with E-state index >= 15 is 0 Å². The largest absolute Gasteiger partial charge is 0.396 e. The van der Waals surface area contributed by atoms with Crippen molar-refractivity contribution in [3.63, 3.8) is 0 Å². The van der Waals surface area contributed by atoms with E-state index in [1.54, 1.807) is 0 Å². The molecule has 1 saturated carbocycles. The number of halogens is 2. The van der Waals surface area contributed by atoms with Crippen LogP contribution in [-0.2, 0) is 0 Å². The number of rotatable bonds is 4. The van der Waals surface area contributed by atoms with Crippen molar-refractivity contribution in [3.05, 3.63) is 0 Å². The lowest BCUT2D eigenvalue weighted by Crippen LogP contribution is -2.20. The van der Waals surface area contributed by atoms with Crippen LogP contribution in [0.1, 0.15) is 33.6 Å². The number of aliphatic hydroxyl groups is 1. The Bertz CT molecular complexity index is 187. The van der Waals surface area contributed by atoms with E-state index < -0.39 is 17.8 Å². The Balaban J connectivity index is 2.74. The zero-order chi connectivity index (χ0) is 10.3. The lowest BCUT2D eigenvalue weighted by Gasteiger charge is -2.26. The van der Waals surface area contributed by atoms with E-state index in [-0.39, 0.29) is 12.0 Å². The van der Waals surface area contributed by atoms with E-state index in [0.29, 0.717) is 0 Å². The molecule has 0 aliphatic heterocycles. The number of aliphatic hydroxyl groups excluding tert-OH is 1. The van der Waals surface area contributed by atoms with Gasteiger partial charge in [0, 0.05) is 5.92 Å². The van der Waals surface area contributed by atoms with E-state index in [2.05, 4.69) is 0 Å². The van der Waals surface area contributed by atoms with Gasteiger partial charge in [-0.2, -0.15) is 0 Å². The van der Waals surface area contributed by atoms with Crippen LogP contribution < -0.4 is 0 Å². The highest BCUT2D eigenvalue weighted by atomic mass is 19.3. The molecule has 1 rings (SSSR count). The fourth-order valence-corrected chi connectivity index (χ4v) is 2.26. The summed E-state index contributed by atoms with van der Waals surface area (Å²) in [7, 11) is 0. The Hall–Kier alpha value is -0.180. The first-order valence-corrected chi connectivity index (χ1v) is 4.92. The van der Waals surface area contributed by atoms with E-state index in [0.717, 1.165) is 12.8 Å². The molecule has 78 valence electrons. The average Bonchev–Trinajstić information content (AvgIpc) is 2.67. The molecule has 1 nitrogen and oxygen atoms in total. The zero-order valence-corrected chi connectivity index (χ0v) is 8.48. The van der Waals surface area contributed by atoms with Crippen molar-refractivity contribution in [2.45, 2.75) is 39.5 Å². The maximum Gasteiger partial charge on any atom is 0.257 e. The second-order valence-electron chi connectivity index (χ2n) is 4.30. The van der Waals surface area contributed by atoms with Crippen LogP contribution >= 0.6 is 0 Å². The summed E-state index contributed by atoms with van der Waals surface area (Å²) in [6.45, 7) is 5.38. The summed E-state index contributed by atoms with van der Waals surface area (Å²) in [4.78, 5) is 0. The standard InChI is InChI=1S/C10H18F2O/c1-4-9(3,5-2)8-7(6-13)10(8,11)12/h7-8,13H,4-6H2,1-3H3. The minimum absolute atomic E-state index is 0.309. The number of alkyl halides is 2. The molecule has 1 aliphatic carbocycles. The van der Waals surface area contributed by atoms with Gasteiger partial charge in [-0.05, 0) is 5.41 Å². The number of hydrogen-bond acceptors (Lipinski definition) is 1. The molecule has 3 heteroatoms. The molecule has 0 saturated heterocycles. The average molecular weight is 192 g/mol. The topological polar surface area (TPSA) is 20.2 Å². The molecule has 0 heterocycles. The number of hydrogen-bond donors (Lipinski definition) is 1. The minimum Gasteiger partial charge on any atom is -0.396 e.